The average Bonchev–Trinajstić information content (AvgIpc) is 3.25. The third kappa shape index (κ3) is 3.02. The second-order valence-electron chi connectivity index (χ2n) is 6.85. The minimum Gasteiger partial charge on any atom is -0.459 e. The maximum absolute atomic E-state index is 9.14. The predicted molar refractivity (Wildman–Crippen MR) is 101 cm³/mol. The van der Waals surface area contributed by atoms with Crippen molar-refractivity contribution >= 4 is 5.71 Å². The van der Waals surface area contributed by atoms with Crippen LogP contribution in [0, 0.1) is 0 Å². The Hall–Kier alpha value is -2.92. The molecule has 5 heteroatoms. The van der Waals surface area contributed by atoms with Gasteiger partial charge in [0.2, 0.25) is 0 Å². The number of fused-ring (bicyclic) bond motifs is 1. The van der Waals surface area contributed by atoms with Crippen LogP contribution >= 0.6 is 0 Å². The Balaban J connectivity index is 1.82. The molecule has 0 radical (unpaired) electrons. The number of benzene rings is 1. The van der Waals surface area contributed by atoms with Crippen LogP contribution in [0.4, 0.5) is 0 Å². The first-order chi connectivity index (χ1) is 12.7. The lowest BCUT2D eigenvalue weighted by molar-refractivity contribution is 0.318. The van der Waals surface area contributed by atoms with E-state index in [0.29, 0.717) is 0 Å². The van der Waals surface area contributed by atoms with Crippen molar-refractivity contribution in [2.24, 2.45) is 5.16 Å². The number of oxime groups is 1. The van der Waals surface area contributed by atoms with Gasteiger partial charge in [0.15, 0.2) is 0 Å². The first kappa shape index (κ1) is 16.5. The molecule has 26 heavy (non-hydrogen) atoms. The van der Waals surface area contributed by atoms with E-state index in [-0.39, 0.29) is 0 Å². The Labute approximate surface area is 152 Å². The number of nitrogens with zero attached hydrogens (tertiary/aromatic N) is 3. The number of hydrogen-bond acceptors (Lipinski definition) is 5. The van der Waals surface area contributed by atoms with Crippen LogP contribution in [0.15, 0.2) is 58.4 Å². The summed E-state index contributed by atoms with van der Waals surface area (Å²) in [4.78, 5) is 6.20. The van der Waals surface area contributed by atoms with E-state index in [2.05, 4.69) is 33.2 Å². The fraction of sp³-hybridized carbons (Fsp3) is 0.238. The molecule has 0 saturated carbocycles. The van der Waals surface area contributed by atoms with Gasteiger partial charge in [-0.3, -0.25) is 4.98 Å². The minimum absolute atomic E-state index is 0.740. The standard InChI is InChI=1S/C21H21N3O2/c1-24(2)13-17-12-19(21(26-17)14-7-9-22-10-8-14)16-3-5-18-15(11-16)4-6-20(18)23-25/h3,5,7-12,25H,4,6,13H2,1-2H3/b23-20+. The smallest absolute Gasteiger partial charge is 0.142 e. The second kappa shape index (κ2) is 6.77. The summed E-state index contributed by atoms with van der Waals surface area (Å²) >= 11 is 0. The van der Waals surface area contributed by atoms with Crippen molar-refractivity contribution in [3.05, 3.63) is 65.7 Å². The Morgan fingerprint density at radius 3 is 2.58 bits per heavy atom. The molecule has 3 aromatic rings. The van der Waals surface area contributed by atoms with Crippen LogP contribution in [0.1, 0.15) is 23.3 Å². The molecule has 0 fully saturated rings. The van der Waals surface area contributed by atoms with Gasteiger partial charge in [0, 0.05) is 29.1 Å². The third-order valence-electron chi connectivity index (χ3n) is 4.68. The summed E-state index contributed by atoms with van der Waals surface area (Å²) < 4.78 is 6.19. The van der Waals surface area contributed by atoms with E-state index in [1.807, 2.05) is 32.3 Å². The van der Waals surface area contributed by atoms with Crippen LogP contribution in [-0.2, 0) is 13.0 Å². The van der Waals surface area contributed by atoms with E-state index in [1.54, 1.807) is 12.4 Å². The monoisotopic (exact) mass is 347 g/mol. The molecule has 2 heterocycles. The van der Waals surface area contributed by atoms with Gasteiger partial charge in [-0.25, -0.2) is 0 Å². The molecule has 1 aromatic carbocycles. The molecule has 1 aliphatic rings. The Kier molecular flexibility index (Phi) is 4.31. The third-order valence-corrected chi connectivity index (χ3v) is 4.68. The van der Waals surface area contributed by atoms with Crippen molar-refractivity contribution in [1.29, 1.82) is 0 Å². The van der Waals surface area contributed by atoms with Crippen molar-refractivity contribution in [3.63, 3.8) is 0 Å². The Morgan fingerprint density at radius 2 is 1.85 bits per heavy atom. The van der Waals surface area contributed by atoms with Crippen LogP contribution < -0.4 is 0 Å². The number of aryl methyl sites for hydroxylation is 1. The maximum atomic E-state index is 9.14. The van der Waals surface area contributed by atoms with Crippen molar-refractivity contribution in [3.8, 4) is 22.5 Å². The number of pyridine rings is 1. The van der Waals surface area contributed by atoms with Gasteiger partial charge in [0.05, 0.1) is 12.3 Å². The van der Waals surface area contributed by atoms with Gasteiger partial charge in [-0.05, 0) is 56.3 Å². The van der Waals surface area contributed by atoms with Crippen LogP contribution in [0.5, 0.6) is 0 Å². The maximum Gasteiger partial charge on any atom is 0.142 e. The molecule has 132 valence electrons. The molecule has 0 unspecified atom stereocenters. The van der Waals surface area contributed by atoms with E-state index in [0.717, 1.165) is 58.9 Å². The van der Waals surface area contributed by atoms with Gasteiger partial charge < -0.3 is 14.5 Å². The van der Waals surface area contributed by atoms with Crippen LogP contribution in [0.25, 0.3) is 22.5 Å². The van der Waals surface area contributed by atoms with Gasteiger partial charge >= 0.3 is 0 Å². The molecular formula is C21H21N3O2. The Morgan fingerprint density at radius 1 is 1.04 bits per heavy atom. The van der Waals surface area contributed by atoms with Crippen molar-refractivity contribution < 1.29 is 9.62 Å². The van der Waals surface area contributed by atoms with Gasteiger partial charge in [-0.2, -0.15) is 0 Å². The molecular weight excluding hydrogens is 326 g/mol. The summed E-state index contributed by atoms with van der Waals surface area (Å²) in [5.41, 5.74) is 6.22. The molecule has 5 nitrogen and oxygen atoms in total. The van der Waals surface area contributed by atoms with E-state index in [1.165, 1.54) is 5.56 Å². The largest absolute Gasteiger partial charge is 0.459 e. The highest BCUT2D eigenvalue weighted by Crippen LogP contribution is 2.37. The fourth-order valence-corrected chi connectivity index (χ4v) is 3.51. The molecule has 2 aromatic heterocycles. The molecule has 0 saturated heterocycles. The molecule has 0 atom stereocenters. The van der Waals surface area contributed by atoms with Crippen LogP contribution in [-0.4, -0.2) is 34.9 Å². The lowest BCUT2D eigenvalue weighted by Gasteiger charge is -2.06. The molecule has 1 N–H and O–H groups in total. The van der Waals surface area contributed by atoms with Crippen molar-refractivity contribution in [2.75, 3.05) is 14.1 Å². The van der Waals surface area contributed by atoms with Crippen LogP contribution in [0.3, 0.4) is 0 Å². The van der Waals surface area contributed by atoms with Crippen LogP contribution in [0.2, 0.25) is 0 Å². The Bertz CT molecular complexity index is 959. The normalized spacial score (nSPS) is 15.0. The van der Waals surface area contributed by atoms with Gasteiger partial charge in [0.1, 0.15) is 11.5 Å². The van der Waals surface area contributed by atoms with Gasteiger partial charge in [0.25, 0.3) is 0 Å². The zero-order chi connectivity index (χ0) is 18.1. The summed E-state index contributed by atoms with van der Waals surface area (Å²) in [7, 11) is 4.05. The number of furan rings is 1. The van der Waals surface area contributed by atoms with Crippen molar-refractivity contribution in [1.82, 2.24) is 9.88 Å². The molecule has 4 rings (SSSR count). The minimum atomic E-state index is 0.740. The molecule has 1 aliphatic carbocycles. The highest BCUT2D eigenvalue weighted by Gasteiger charge is 2.21. The summed E-state index contributed by atoms with van der Waals surface area (Å²) in [6, 6.07) is 12.3. The number of aromatic nitrogens is 1. The molecule has 0 aliphatic heterocycles. The summed E-state index contributed by atoms with van der Waals surface area (Å²) in [6.07, 6.45) is 5.24. The molecule has 0 bridgehead atoms. The zero-order valence-corrected chi connectivity index (χ0v) is 14.9. The lowest BCUT2D eigenvalue weighted by atomic mass is 9.98. The summed E-state index contributed by atoms with van der Waals surface area (Å²) in [6.45, 7) is 0.740. The average molecular weight is 347 g/mol. The summed E-state index contributed by atoms with van der Waals surface area (Å²) in [5, 5.41) is 12.6. The van der Waals surface area contributed by atoms with E-state index >= 15 is 0 Å². The SMILES string of the molecule is CN(C)Cc1cc(-c2ccc3c(c2)CC/C3=N\O)c(-c2ccncc2)o1. The van der Waals surface area contributed by atoms with E-state index in [4.69, 9.17) is 9.62 Å². The molecule has 0 amide bonds. The highest BCUT2D eigenvalue weighted by molar-refractivity contribution is 6.04. The number of hydrogen-bond donors (Lipinski definition) is 1. The molecule has 0 spiro atoms. The predicted octanol–water partition coefficient (Wildman–Crippen LogP) is 4.19. The number of rotatable bonds is 4. The summed E-state index contributed by atoms with van der Waals surface area (Å²) in [5.74, 6) is 1.79. The van der Waals surface area contributed by atoms with E-state index < -0.39 is 0 Å². The lowest BCUT2D eigenvalue weighted by Crippen LogP contribution is -2.09. The topological polar surface area (TPSA) is 61.9 Å². The zero-order valence-electron chi connectivity index (χ0n) is 14.9. The second-order valence-corrected chi connectivity index (χ2v) is 6.85. The fourth-order valence-electron chi connectivity index (χ4n) is 3.51. The van der Waals surface area contributed by atoms with Crippen molar-refractivity contribution in [2.45, 2.75) is 19.4 Å². The highest BCUT2D eigenvalue weighted by atomic mass is 16.4. The van der Waals surface area contributed by atoms with E-state index in [9.17, 15) is 0 Å². The quantitative estimate of drug-likeness (QED) is 0.568. The first-order valence-electron chi connectivity index (χ1n) is 8.68. The van der Waals surface area contributed by atoms with Gasteiger partial charge in [-0.15, -0.1) is 0 Å². The first-order valence-corrected chi connectivity index (χ1v) is 8.68. The van der Waals surface area contributed by atoms with Gasteiger partial charge in [-0.1, -0.05) is 23.4 Å².